The van der Waals surface area contributed by atoms with Gasteiger partial charge in [0.05, 0.1) is 10.6 Å². The summed E-state index contributed by atoms with van der Waals surface area (Å²) >= 11 is 6.67. The highest BCUT2D eigenvalue weighted by atomic mass is 32.2. The Morgan fingerprint density at radius 2 is 1.81 bits per heavy atom. The second kappa shape index (κ2) is 10.4. The van der Waals surface area contributed by atoms with Gasteiger partial charge in [-0.05, 0) is 51.5 Å². The molecule has 10 heteroatoms. The maximum Gasteiger partial charge on any atom is 0.270 e. The largest absolute Gasteiger partial charge is 0.366 e. The summed E-state index contributed by atoms with van der Waals surface area (Å²) in [7, 11) is 0. The SMILES string of the molecule is CCn1c(N2CCN(c3ccccc3F)CC2)c(/C=C2/SC(=S)N(C(C)C)C2=O)c(C)c(C#N)c1=O. The molecule has 0 bridgehead atoms. The fraction of sp³-hybridized carbons (Fsp3) is 0.385. The molecule has 36 heavy (non-hydrogen) atoms. The summed E-state index contributed by atoms with van der Waals surface area (Å²) in [6, 6.07) is 8.68. The molecule has 0 spiro atoms. The predicted molar refractivity (Wildman–Crippen MR) is 147 cm³/mol. The fourth-order valence-electron chi connectivity index (χ4n) is 4.70. The van der Waals surface area contributed by atoms with Crippen LogP contribution in [-0.4, -0.2) is 51.9 Å². The van der Waals surface area contributed by atoms with Crippen LogP contribution >= 0.6 is 24.0 Å². The third-order valence-electron chi connectivity index (χ3n) is 6.55. The number of thiocarbonyl (C=S) groups is 1. The lowest BCUT2D eigenvalue weighted by atomic mass is 10.0. The predicted octanol–water partition coefficient (Wildman–Crippen LogP) is 4.12. The molecule has 1 aromatic carbocycles. The third-order valence-corrected chi connectivity index (χ3v) is 7.88. The number of nitriles is 1. The zero-order valence-electron chi connectivity index (χ0n) is 20.7. The van der Waals surface area contributed by atoms with Gasteiger partial charge in [-0.3, -0.25) is 19.1 Å². The molecule has 2 aromatic rings. The summed E-state index contributed by atoms with van der Waals surface area (Å²) < 4.78 is 16.4. The van der Waals surface area contributed by atoms with Gasteiger partial charge < -0.3 is 9.80 Å². The number of pyridine rings is 1. The minimum Gasteiger partial charge on any atom is -0.366 e. The number of anilines is 2. The van der Waals surface area contributed by atoms with Gasteiger partial charge in [-0.25, -0.2) is 4.39 Å². The Hall–Kier alpha value is -3.16. The highest BCUT2D eigenvalue weighted by Crippen LogP contribution is 2.37. The van der Waals surface area contributed by atoms with Crippen molar-refractivity contribution >= 4 is 51.8 Å². The van der Waals surface area contributed by atoms with Crippen molar-refractivity contribution in [1.29, 1.82) is 5.26 Å². The monoisotopic (exact) mass is 525 g/mol. The topological polar surface area (TPSA) is 72.6 Å². The number of thioether (sulfide) groups is 1. The zero-order valence-corrected chi connectivity index (χ0v) is 22.4. The summed E-state index contributed by atoms with van der Waals surface area (Å²) in [5.41, 5.74) is 1.47. The van der Waals surface area contributed by atoms with E-state index < -0.39 is 0 Å². The van der Waals surface area contributed by atoms with Crippen molar-refractivity contribution in [3.8, 4) is 6.07 Å². The van der Waals surface area contributed by atoms with E-state index in [9.17, 15) is 19.2 Å². The van der Waals surface area contributed by atoms with Gasteiger partial charge in [-0.1, -0.05) is 36.1 Å². The smallest absolute Gasteiger partial charge is 0.270 e. The molecule has 2 aliphatic rings. The van der Waals surface area contributed by atoms with Crippen molar-refractivity contribution in [3.05, 3.63) is 62.0 Å². The number of hydrogen-bond donors (Lipinski definition) is 0. The molecule has 4 rings (SSSR count). The Morgan fingerprint density at radius 1 is 1.17 bits per heavy atom. The average molecular weight is 526 g/mol. The molecule has 0 radical (unpaired) electrons. The summed E-state index contributed by atoms with van der Waals surface area (Å²) in [5.74, 6) is 0.225. The molecule has 0 unspecified atom stereocenters. The van der Waals surface area contributed by atoms with Gasteiger partial charge >= 0.3 is 0 Å². The lowest BCUT2D eigenvalue weighted by Gasteiger charge is -2.39. The number of hydrogen-bond acceptors (Lipinski definition) is 7. The molecule has 0 atom stereocenters. The number of halogens is 1. The summed E-state index contributed by atoms with van der Waals surface area (Å²) in [4.78, 5) is 32.5. The van der Waals surface area contributed by atoms with Crippen LogP contribution < -0.4 is 15.4 Å². The molecule has 0 N–H and O–H groups in total. The maximum atomic E-state index is 14.4. The number of carbonyl (C=O) groups excluding carboxylic acids is 1. The van der Waals surface area contributed by atoms with E-state index in [2.05, 4.69) is 11.0 Å². The van der Waals surface area contributed by atoms with Crippen LogP contribution in [-0.2, 0) is 11.3 Å². The van der Waals surface area contributed by atoms with Gasteiger partial charge in [0.25, 0.3) is 11.5 Å². The number of aromatic nitrogens is 1. The molecule has 7 nitrogen and oxygen atoms in total. The molecule has 1 amide bonds. The molecule has 3 heterocycles. The first-order chi connectivity index (χ1) is 17.2. The second-order valence-electron chi connectivity index (χ2n) is 8.97. The normalized spacial score (nSPS) is 17.5. The van der Waals surface area contributed by atoms with Crippen molar-refractivity contribution in [2.45, 2.75) is 40.3 Å². The van der Waals surface area contributed by atoms with Crippen molar-refractivity contribution in [2.24, 2.45) is 0 Å². The molecule has 0 saturated carbocycles. The van der Waals surface area contributed by atoms with E-state index >= 15 is 0 Å². The van der Waals surface area contributed by atoms with Crippen LogP contribution in [0.25, 0.3) is 6.08 Å². The van der Waals surface area contributed by atoms with Gasteiger partial charge in [0.1, 0.15) is 27.6 Å². The fourth-order valence-corrected chi connectivity index (χ4v) is 6.21. The molecular formula is C26H28FN5O2S2. The lowest BCUT2D eigenvalue weighted by molar-refractivity contribution is -0.123. The third kappa shape index (κ3) is 4.53. The van der Waals surface area contributed by atoms with E-state index in [-0.39, 0.29) is 28.9 Å². The molecule has 2 saturated heterocycles. The van der Waals surface area contributed by atoms with Crippen LogP contribution in [0, 0.1) is 24.1 Å². The van der Waals surface area contributed by atoms with Crippen molar-refractivity contribution in [2.75, 3.05) is 36.0 Å². The van der Waals surface area contributed by atoms with E-state index in [4.69, 9.17) is 12.2 Å². The van der Waals surface area contributed by atoms with Crippen LogP contribution in [0.2, 0.25) is 0 Å². The Bertz CT molecular complexity index is 1350. The summed E-state index contributed by atoms with van der Waals surface area (Å²) in [6.07, 6.45) is 1.77. The molecule has 188 valence electrons. The van der Waals surface area contributed by atoms with E-state index in [0.29, 0.717) is 64.6 Å². The maximum absolute atomic E-state index is 14.4. The number of benzene rings is 1. The van der Waals surface area contributed by atoms with Crippen LogP contribution in [0.1, 0.15) is 37.5 Å². The van der Waals surface area contributed by atoms with Gasteiger partial charge in [-0.2, -0.15) is 5.26 Å². The molecule has 0 aliphatic carbocycles. The van der Waals surface area contributed by atoms with Gasteiger partial charge in [-0.15, -0.1) is 0 Å². The highest BCUT2D eigenvalue weighted by molar-refractivity contribution is 8.26. The van der Waals surface area contributed by atoms with E-state index in [1.165, 1.54) is 17.8 Å². The molecule has 1 aromatic heterocycles. The first-order valence-corrected chi connectivity index (χ1v) is 13.1. The summed E-state index contributed by atoms with van der Waals surface area (Å²) in [5, 5.41) is 9.76. The van der Waals surface area contributed by atoms with Crippen LogP contribution in [0.3, 0.4) is 0 Å². The second-order valence-corrected chi connectivity index (χ2v) is 10.6. The number of para-hydroxylation sites is 1. The van der Waals surface area contributed by atoms with E-state index in [0.717, 1.165) is 0 Å². The quantitative estimate of drug-likeness (QED) is 0.430. The number of nitrogens with zero attached hydrogens (tertiary/aromatic N) is 5. The molecule has 2 fully saturated rings. The number of carbonyl (C=O) groups is 1. The first kappa shape index (κ1) is 25.9. The van der Waals surface area contributed by atoms with Gasteiger partial charge in [0.2, 0.25) is 0 Å². The summed E-state index contributed by atoms with van der Waals surface area (Å²) in [6.45, 7) is 10.0. The minimum absolute atomic E-state index is 0.0659. The lowest BCUT2D eigenvalue weighted by Crippen LogP contribution is -2.49. The highest BCUT2D eigenvalue weighted by Gasteiger charge is 2.35. The minimum atomic E-state index is -0.351. The Kier molecular flexibility index (Phi) is 7.52. The van der Waals surface area contributed by atoms with Gasteiger partial charge in [0.15, 0.2) is 0 Å². The number of rotatable bonds is 5. The standard InChI is InChI=1S/C26H28FN5O2S2/c1-5-31-23(30-12-10-29(11-13-30)21-9-7-6-8-20(21)27)18(17(4)19(15-28)24(31)33)14-22-25(34)32(16(2)3)26(35)36-22/h6-9,14,16H,5,10-13H2,1-4H3/b22-14+. The van der Waals surface area contributed by atoms with Crippen molar-refractivity contribution < 1.29 is 9.18 Å². The van der Waals surface area contributed by atoms with Crippen LogP contribution in [0.4, 0.5) is 15.9 Å². The Morgan fingerprint density at radius 3 is 2.36 bits per heavy atom. The number of amides is 1. The van der Waals surface area contributed by atoms with E-state index in [1.807, 2.05) is 31.7 Å². The average Bonchev–Trinajstić information content (AvgIpc) is 3.14. The Balaban J connectivity index is 1.79. The zero-order chi connectivity index (χ0) is 26.1. The van der Waals surface area contributed by atoms with Crippen LogP contribution in [0.5, 0.6) is 0 Å². The van der Waals surface area contributed by atoms with E-state index in [1.54, 1.807) is 34.6 Å². The van der Waals surface area contributed by atoms with Crippen molar-refractivity contribution in [3.63, 3.8) is 0 Å². The van der Waals surface area contributed by atoms with Crippen molar-refractivity contribution in [1.82, 2.24) is 9.47 Å². The first-order valence-electron chi connectivity index (χ1n) is 11.9. The van der Waals surface area contributed by atoms with Gasteiger partial charge in [0, 0.05) is 44.3 Å². The Labute approximate surface area is 219 Å². The number of piperazine rings is 1. The van der Waals surface area contributed by atoms with Crippen LogP contribution in [0.15, 0.2) is 34.0 Å². The molecular weight excluding hydrogens is 497 g/mol. The molecule has 2 aliphatic heterocycles.